The van der Waals surface area contributed by atoms with Crippen LogP contribution >= 0.6 is 0 Å². The lowest BCUT2D eigenvalue weighted by molar-refractivity contribution is -0.329. The molecule has 55 heavy (non-hydrogen) atoms. The zero-order valence-electron chi connectivity index (χ0n) is 31.8. The zero-order chi connectivity index (χ0) is 37.9. The molecule has 290 valence electrons. The van der Waals surface area contributed by atoms with Crippen LogP contribution in [0.1, 0.15) is 54.9 Å². The number of hydrogen-bond acceptors (Lipinski definition) is 8. The molecule has 8 heteroatoms. The van der Waals surface area contributed by atoms with Crippen molar-refractivity contribution in [2.24, 2.45) is 5.92 Å². The fourth-order valence-electron chi connectivity index (χ4n) is 6.63. The van der Waals surface area contributed by atoms with Crippen LogP contribution in [0.2, 0.25) is 0 Å². The highest BCUT2D eigenvalue weighted by molar-refractivity contribution is 5.72. The molecule has 1 aliphatic heterocycles. The number of unbranched alkanes of at least 4 members (excludes halogenated alkanes) is 1. The highest BCUT2D eigenvalue weighted by atomic mass is 16.7. The second-order valence-electron chi connectivity index (χ2n) is 14.1. The summed E-state index contributed by atoms with van der Waals surface area (Å²) >= 11 is 0. The van der Waals surface area contributed by atoms with Gasteiger partial charge in [0.2, 0.25) is 0 Å². The summed E-state index contributed by atoms with van der Waals surface area (Å²) in [5.74, 6) is -0.827. The number of benzene rings is 4. The second kappa shape index (κ2) is 22.2. The SMILES string of the molecule is C[C@H](CO[C@H]1O[C@H](COCc2ccccc2)[C@@H](OCc2ccccc2)[C@H](OCc2ccccc2)[C@@H]1OCc1ccccc1)C(=O)OCCCCC1=CC=CC1. The van der Waals surface area contributed by atoms with E-state index < -0.39 is 36.6 Å². The maximum absolute atomic E-state index is 13.1. The Morgan fingerprint density at radius 3 is 1.73 bits per heavy atom. The van der Waals surface area contributed by atoms with E-state index in [1.165, 1.54) is 5.57 Å². The van der Waals surface area contributed by atoms with Crippen LogP contribution in [0, 0.1) is 5.92 Å². The van der Waals surface area contributed by atoms with E-state index in [1.54, 1.807) is 0 Å². The molecule has 1 aliphatic carbocycles. The molecule has 1 fully saturated rings. The Balaban J connectivity index is 1.19. The Kier molecular flexibility index (Phi) is 16.3. The first-order valence-corrected chi connectivity index (χ1v) is 19.5. The van der Waals surface area contributed by atoms with Gasteiger partial charge >= 0.3 is 5.97 Å². The topological polar surface area (TPSA) is 81.7 Å². The number of esters is 1. The van der Waals surface area contributed by atoms with Gasteiger partial charge < -0.3 is 33.2 Å². The van der Waals surface area contributed by atoms with Gasteiger partial charge in [-0.25, -0.2) is 0 Å². The van der Waals surface area contributed by atoms with Crippen molar-refractivity contribution in [3.8, 4) is 0 Å². The van der Waals surface area contributed by atoms with Crippen molar-refractivity contribution in [2.75, 3.05) is 19.8 Å². The van der Waals surface area contributed by atoms with Gasteiger partial charge in [-0.05, 0) is 54.9 Å². The Labute approximate surface area is 326 Å². The van der Waals surface area contributed by atoms with Crippen molar-refractivity contribution >= 4 is 5.97 Å². The first-order valence-electron chi connectivity index (χ1n) is 19.5. The van der Waals surface area contributed by atoms with Crippen LogP contribution in [0.15, 0.2) is 145 Å². The Morgan fingerprint density at radius 2 is 1.18 bits per heavy atom. The standard InChI is InChI=1S/C47H54O8/c1-36(46(48)50-29-17-16-20-37-18-14-15-19-37)30-54-47-45(53-34-41-27-12-5-13-28-41)44(52-33-40-25-10-4-11-26-40)43(51-32-39-23-8-3-9-24-39)42(55-47)35-49-31-38-21-6-2-7-22-38/h2-15,18,21-28,36,42-45,47H,16-17,19-20,29-35H2,1H3/t36-,42-,43-,44+,45+,47+/m1/s1. The van der Waals surface area contributed by atoms with Gasteiger partial charge in [0.15, 0.2) is 6.29 Å². The summed E-state index contributed by atoms with van der Waals surface area (Å²) < 4.78 is 45.4. The summed E-state index contributed by atoms with van der Waals surface area (Å²) in [5, 5.41) is 0. The lowest BCUT2D eigenvalue weighted by Crippen LogP contribution is -2.62. The molecule has 0 amide bonds. The Hall–Kier alpha value is -4.41. The predicted octanol–water partition coefficient (Wildman–Crippen LogP) is 8.94. The first kappa shape index (κ1) is 40.3. The van der Waals surface area contributed by atoms with Crippen LogP contribution < -0.4 is 0 Å². The Bertz CT molecular complexity index is 1730. The van der Waals surface area contributed by atoms with Crippen molar-refractivity contribution in [3.63, 3.8) is 0 Å². The number of rotatable bonds is 22. The first-order chi connectivity index (χ1) is 27.1. The minimum absolute atomic E-state index is 0.0752. The highest BCUT2D eigenvalue weighted by Gasteiger charge is 2.49. The molecule has 8 nitrogen and oxygen atoms in total. The fraction of sp³-hybridized carbons (Fsp3) is 0.383. The molecular weight excluding hydrogens is 693 g/mol. The average Bonchev–Trinajstić information content (AvgIpc) is 3.76. The molecule has 0 saturated carbocycles. The molecule has 0 bridgehead atoms. The third kappa shape index (κ3) is 13.1. The van der Waals surface area contributed by atoms with Crippen molar-refractivity contribution in [2.45, 2.75) is 89.7 Å². The van der Waals surface area contributed by atoms with Crippen molar-refractivity contribution in [1.29, 1.82) is 0 Å². The third-order valence-electron chi connectivity index (χ3n) is 9.74. The molecule has 0 aromatic heterocycles. The number of carbonyl (C=O) groups is 1. The predicted molar refractivity (Wildman–Crippen MR) is 212 cm³/mol. The van der Waals surface area contributed by atoms with E-state index in [0.29, 0.717) is 33.0 Å². The van der Waals surface area contributed by atoms with E-state index in [0.717, 1.165) is 47.9 Å². The third-order valence-corrected chi connectivity index (χ3v) is 9.74. The lowest BCUT2D eigenvalue weighted by atomic mass is 9.97. The quantitative estimate of drug-likeness (QED) is 0.0583. The van der Waals surface area contributed by atoms with E-state index in [4.69, 9.17) is 33.2 Å². The van der Waals surface area contributed by atoms with E-state index in [9.17, 15) is 4.79 Å². The van der Waals surface area contributed by atoms with E-state index in [-0.39, 0.29) is 19.2 Å². The van der Waals surface area contributed by atoms with Gasteiger partial charge in [0.25, 0.3) is 0 Å². The molecule has 0 spiro atoms. The molecule has 4 aromatic carbocycles. The summed E-state index contributed by atoms with van der Waals surface area (Å²) in [6.07, 6.45) is 6.88. The molecular formula is C47H54O8. The summed E-state index contributed by atoms with van der Waals surface area (Å²) in [7, 11) is 0. The van der Waals surface area contributed by atoms with Crippen LogP contribution in [0.5, 0.6) is 0 Å². The number of ether oxygens (including phenoxy) is 7. The molecule has 6 rings (SSSR count). The van der Waals surface area contributed by atoms with Gasteiger partial charge in [0.1, 0.15) is 24.4 Å². The van der Waals surface area contributed by atoms with Crippen LogP contribution in [0.3, 0.4) is 0 Å². The van der Waals surface area contributed by atoms with Crippen LogP contribution in [-0.4, -0.2) is 56.5 Å². The maximum Gasteiger partial charge on any atom is 0.310 e. The molecule has 0 unspecified atom stereocenters. The van der Waals surface area contributed by atoms with Gasteiger partial charge in [-0.1, -0.05) is 145 Å². The number of carbonyl (C=O) groups excluding carboxylic acids is 1. The van der Waals surface area contributed by atoms with Crippen LogP contribution in [0.25, 0.3) is 0 Å². The minimum Gasteiger partial charge on any atom is -0.465 e. The van der Waals surface area contributed by atoms with Gasteiger partial charge in [-0.3, -0.25) is 4.79 Å². The van der Waals surface area contributed by atoms with Crippen molar-refractivity contribution in [3.05, 3.63) is 167 Å². The maximum atomic E-state index is 13.1. The van der Waals surface area contributed by atoms with Crippen molar-refractivity contribution < 1.29 is 38.0 Å². The van der Waals surface area contributed by atoms with E-state index in [1.807, 2.05) is 128 Å². The van der Waals surface area contributed by atoms with E-state index in [2.05, 4.69) is 18.2 Å². The average molecular weight is 747 g/mol. The Morgan fingerprint density at radius 1 is 0.655 bits per heavy atom. The van der Waals surface area contributed by atoms with Gasteiger partial charge in [0, 0.05) is 0 Å². The number of hydrogen-bond donors (Lipinski definition) is 0. The summed E-state index contributed by atoms with van der Waals surface area (Å²) in [4.78, 5) is 13.1. The molecule has 1 heterocycles. The van der Waals surface area contributed by atoms with Crippen LogP contribution in [0.4, 0.5) is 0 Å². The highest BCUT2D eigenvalue weighted by Crippen LogP contribution is 2.32. The molecule has 2 aliphatic rings. The summed E-state index contributed by atoms with van der Waals surface area (Å²) in [5.41, 5.74) is 5.50. The molecule has 4 aromatic rings. The minimum atomic E-state index is -0.894. The largest absolute Gasteiger partial charge is 0.465 e. The van der Waals surface area contributed by atoms with Gasteiger partial charge in [-0.15, -0.1) is 0 Å². The molecule has 0 radical (unpaired) electrons. The fourth-order valence-corrected chi connectivity index (χ4v) is 6.63. The summed E-state index contributed by atoms with van der Waals surface area (Å²) in [6, 6.07) is 40.1. The van der Waals surface area contributed by atoms with Gasteiger partial charge in [0.05, 0.1) is 52.2 Å². The molecule has 1 saturated heterocycles. The summed E-state index contributed by atoms with van der Waals surface area (Å²) in [6.45, 7) is 3.84. The lowest BCUT2D eigenvalue weighted by Gasteiger charge is -2.46. The molecule has 6 atom stereocenters. The zero-order valence-corrected chi connectivity index (χ0v) is 31.8. The normalized spacial score (nSPS) is 21.3. The monoisotopic (exact) mass is 746 g/mol. The van der Waals surface area contributed by atoms with Crippen molar-refractivity contribution in [1.82, 2.24) is 0 Å². The number of allylic oxidation sites excluding steroid dienone is 4. The van der Waals surface area contributed by atoms with E-state index >= 15 is 0 Å². The smallest absolute Gasteiger partial charge is 0.310 e. The van der Waals surface area contributed by atoms with Crippen LogP contribution in [-0.2, 0) is 64.4 Å². The molecule has 0 N–H and O–H groups in total. The van der Waals surface area contributed by atoms with Gasteiger partial charge in [-0.2, -0.15) is 0 Å². The second-order valence-corrected chi connectivity index (χ2v) is 14.1.